The maximum atomic E-state index is 12.5. The third kappa shape index (κ3) is 1.84. The molecule has 0 unspecified atom stereocenters. The first-order valence-electron chi connectivity index (χ1n) is 6.83. The Morgan fingerprint density at radius 2 is 1.76 bits per heavy atom. The number of nitrogens with one attached hydrogen (secondary N) is 1. The van der Waals surface area contributed by atoms with Crippen molar-refractivity contribution in [2.75, 3.05) is 11.4 Å². The normalized spacial score (nSPS) is 14.3. The minimum absolute atomic E-state index is 0.0269. The van der Waals surface area contributed by atoms with Crippen molar-refractivity contribution >= 4 is 34.4 Å². The van der Waals surface area contributed by atoms with Crippen molar-refractivity contribution < 1.29 is 4.79 Å². The first-order valence-corrected chi connectivity index (χ1v) is 6.83. The van der Waals surface area contributed by atoms with Crippen molar-refractivity contribution in [3.05, 3.63) is 60.3 Å². The molecule has 2 heterocycles. The van der Waals surface area contributed by atoms with E-state index in [1.807, 2.05) is 54.6 Å². The number of benzene rings is 2. The molecule has 0 atom stereocenters. The summed E-state index contributed by atoms with van der Waals surface area (Å²) in [6.07, 6.45) is 1.75. The first kappa shape index (κ1) is 11.9. The lowest BCUT2D eigenvalue weighted by Crippen LogP contribution is -2.27. The van der Waals surface area contributed by atoms with Crippen LogP contribution in [0.4, 0.5) is 11.4 Å². The fraction of sp³-hybridized carbons (Fsp3) is 0.0588. The molecule has 21 heavy (non-hydrogen) atoms. The molecule has 0 aliphatic carbocycles. The lowest BCUT2D eigenvalue weighted by atomic mass is 10.2. The minimum Gasteiger partial charge on any atom is -0.352 e. The molecule has 3 aromatic rings. The number of carbonyl (C=O) groups is 1. The molecule has 0 radical (unpaired) electrons. The summed E-state index contributed by atoms with van der Waals surface area (Å²) in [5, 5.41) is 1.03. The van der Waals surface area contributed by atoms with Crippen LogP contribution in [0.2, 0.25) is 0 Å². The molecule has 1 aliphatic heterocycles. The van der Waals surface area contributed by atoms with Gasteiger partial charge < -0.3 is 4.98 Å². The number of aromatic nitrogens is 1. The van der Waals surface area contributed by atoms with E-state index >= 15 is 0 Å². The smallest absolute Gasteiger partial charge is 0.253 e. The molecule has 0 fully saturated rings. The number of amides is 1. The van der Waals surface area contributed by atoms with Gasteiger partial charge in [0.15, 0.2) is 0 Å². The van der Waals surface area contributed by atoms with Gasteiger partial charge in [0.1, 0.15) is 6.54 Å². The summed E-state index contributed by atoms with van der Waals surface area (Å²) in [5.41, 5.74) is 3.61. The third-order valence-electron chi connectivity index (χ3n) is 3.64. The highest BCUT2D eigenvalue weighted by molar-refractivity contribution is 6.15. The lowest BCUT2D eigenvalue weighted by molar-refractivity contribution is -0.116. The second kappa shape index (κ2) is 4.59. The Hall–Kier alpha value is -2.88. The zero-order valence-electron chi connectivity index (χ0n) is 11.3. The maximum Gasteiger partial charge on any atom is 0.253 e. The molecule has 1 aliphatic rings. The van der Waals surface area contributed by atoms with Gasteiger partial charge in [0, 0.05) is 22.8 Å². The number of hydrogen-bond acceptors (Lipinski definition) is 2. The number of fused-ring (bicyclic) bond motifs is 3. The van der Waals surface area contributed by atoms with E-state index in [0.29, 0.717) is 0 Å². The summed E-state index contributed by atoms with van der Waals surface area (Å²) >= 11 is 0. The predicted molar refractivity (Wildman–Crippen MR) is 84.3 cm³/mol. The summed E-state index contributed by atoms with van der Waals surface area (Å²) in [6, 6.07) is 17.7. The van der Waals surface area contributed by atoms with Gasteiger partial charge in [-0.2, -0.15) is 0 Å². The van der Waals surface area contributed by atoms with Gasteiger partial charge in [-0.25, -0.2) is 0 Å². The molecular weight excluding hydrogens is 262 g/mol. The van der Waals surface area contributed by atoms with Crippen LogP contribution in [0.1, 0.15) is 5.69 Å². The summed E-state index contributed by atoms with van der Waals surface area (Å²) in [4.78, 5) is 21.8. The molecule has 1 N–H and O–H groups in total. The standard InChI is InChI=1S/C17H13N3O/c21-16-11-18-10-15-17(13-8-4-5-9-14(13)19-15)20(16)12-6-2-1-3-7-12/h1-10,19H,11H2. The number of H-pyrrole nitrogens is 1. The van der Waals surface area contributed by atoms with Gasteiger partial charge >= 0.3 is 0 Å². The van der Waals surface area contributed by atoms with Crippen LogP contribution in [0.25, 0.3) is 10.9 Å². The highest BCUT2D eigenvalue weighted by Crippen LogP contribution is 2.36. The topological polar surface area (TPSA) is 48.5 Å². The predicted octanol–water partition coefficient (Wildman–Crippen LogP) is 3.27. The molecule has 4 nitrogen and oxygen atoms in total. The number of rotatable bonds is 1. The molecular formula is C17H13N3O. The quantitative estimate of drug-likeness (QED) is 0.728. The Bertz CT molecular complexity index is 849. The van der Waals surface area contributed by atoms with Gasteiger partial charge in [-0.15, -0.1) is 0 Å². The molecule has 2 aromatic carbocycles. The Labute approximate surface area is 121 Å². The van der Waals surface area contributed by atoms with Crippen LogP contribution in [0.15, 0.2) is 59.6 Å². The highest BCUT2D eigenvalue weighted by atomic mass is 16.2. The van der Waals surface area contributed by atoms with Gasteiger partial charge in [-0.1, -0.05) is 36.4 Å². The lowest BCUT2D eigenvalue weighted by Gasteiger charge is -2.21. The van der Waals surface area contributed by atoms with Crippen LogP contribution >= 0.6 is 0 Å². The number of nitrogens with zero attached hydrogens (tertiary/aromatic N) is 2. The van der Waals surface area contributed by atoms with E-state index in [1.165, 1.54) is 0 Å². The average molecular weight is 275 g/mol. The number of aliphatic imine (C=N–C) groups is 1. The Balaban J connectivity index is 2.03. The van der Waals surface area contributed by atoms with Crippen LogP contribution in [0.5, 0.6) is 0 Å². The molecule has 4 heteroatoms. The molecule has 0 saturated carbocycles. The van der Waals surface area contributed by atoms with Gasteiger partial charge in [-0.3, -0.25) is 14.7 Å². The number of hydrogen-bond donors (Lipinski definition) is 1. The number of aromatic amines is 1. The van der Waals surface area contributed by atoms with Crippen LogP contribution < -0.4 is 4.90 Å². The molecule has 0 saturated heterocycles. The van der Waals surface area contributed by atoms with E-state index < -0.39 is 0 Å². The van der Waals surface area contributed by atoms with E-state index in [0.717, 1.165) is 28.0 Å². The van der Waals surface area contributed by atoms with E-state index in [4.69, 9.17) is 0 Å². The Morgan fingerprint density at radius 1 is 1.00 bits per heavy atom. The SMILES string of the molecule is O=C1CN=Cc2[nH]c3ccccc3c2N1c1ccccc1. The van der Waals surface area contributed by atoms with Gasteiger partial charge in [0.25, 0.3) is 5.91 Å². The minimum atomic E-state index is -0.0269. The number of carbonyl (C=O) groups excluding carboxylic acids is 1. The van der Waals surface area contributed by atoms with Crippen LogP contribution in [-0.4, -0.2) is 23.7 Å². The molecule has 102 valence electrons. The molecule has 0 spiro atoms. The summed E-state index contributed by atoms with van der Waals surface area (Å²) in [7, 11) is 0. The Morgan fingerprint density at radius 3 is 2.62 bits per heavy atom. The van der Waals surface area contributed by atoms with Crippen molar-refractivity contribution in [1.82, 2.24) is 4.98 Å². The van der Waals surface area contributed by atoms with E-state index in [9.17, 15) is 4.79 Å². The molecule has 1 aromatic heterocycles. The number of para-hydroxylation sites is 2. The van der Waals surface area contributed by atoms with Gasteiger partial charge in [0.2, 0.25) is 0 Å². The number of anilines is 2. The van der Waals surface area contributed by atoms with Crippen molar-refractivity contribution in [3.63, 3.8) is 0 Å². The highest BCUT2D eigenvalue weighted by Gasteiger charge is 2.25. The zero-order chi connectivity index (χ0) is 14.2. The van der Waals surface area contributed by atoms with E-state index in [1.54, 1.807) is 11.1 Å². The fourth-order valence-electron chi connectivity index (χ4n) is 2.74. The van der Waals surface area contributed by atoms with Gasteiger partial charge in [0.05, 0.1) is 11.4 Å². The maximum absolute atomic E-state index is 12.5. The largest absolute Gasteiger partial charge is 0.352 e. The third-order valence-corrected chi connectivity index (χ3v) is 3.64. The average Bonchev–Trinajstić information content (AvgIpc) is 2.79. The molecule has 1 amide bonds. The van der Waals surface area contributed by atoms with Crippen molar-refractivity contribution in [2.45, 2.75) is 0 Å². The van der Waals surface area contributed by atoms with Crippen molar-refractivity contribution in [3.8, 4) is 0 Å². The second-order valence-corrected chi connectivity index (χ2v) is 4.97. The van der Waals surface area contributed by atoms with Crippen molar-refractivity contribution in [1.29, 1.82) is 0 Å². The van der Waals surface area contributed by atoms with Gasteiger partial charge in [-0.05, 0) is 18.2 Å². The summed E-state index contributed by atoms with van der Waals surface area (Å²) < 4.78 is 0. The summed E-state index contributed by atoms with van der Waals surface area (Å²) in [6.45, 7) is 0.158. The monoisotopic (exact) mass is 275 g/mol. The first-order chi connectivity index (χ1) is 10.3. The van der Waals surface area contributed by atoms with Crippen LogP contribution in [0.3, 0.4) is 0 Å². The summed E-state index contributed by atoms with van der Waals surface area (Å²) in [5.74, 6) is -0.0269. The Kier molecular flexibility index (Phi) is 2.60. The van der Waals surface area contributed by atoms with Crippen LogP contribution in [0, 0.1) is 0 Å². The van der Waals surface area contributed by atoms with E-state index in [-0.39, 0.29) is 12.5 Å². The second-order valence-electron chi connectivity index (χ2n) is 4.97. The van der Waals surface area contributed by atoms with Crippen LogP contribution in [-0.2, 0) is 4.79 Å². The van der Waals surface area contributed by atoms with Crippen molar-refractivity contribution in [2.24, 2.45) is 4.99 Å². The fourth-order valence-corrected chi connectivity index (χ4v) is 2.74. The molecule has 0 bridgehead atoms. The van der Waals surface area contributed by atoms with E-state index in [2.05, 4.69) is 9.98 Å². The zero-order valence-corrected chi connectivity index (χ0v) is 11.3. The molecule has 4 rings (SSSR count).